The lowest BCUT2D eigenvalue weighted by Crippen LogP contribution is -2.37. The minimum atomic E-state index is -0.316. The topological polar surface area (TPSA) is 82.1 Å². The van der Waals surface area contributed by atoms with Gasteiger partial charge in [0.05, 0.1) is 29.5 Å². The fourth-order valence-corrected chi connectivity index (χ4v) is 4.54. The molecule has 0 unspecified atom stereocenters. The van der Waals surface area contributed by atoms with Gasteiger partial charge in [0.15, 0.2) is 11.0 Å². The Bertz CT molecular complexity index is 1120. The van der Waals surface area contributed by atoms with Crippen LogP contribution < -0.4 is 4.90 Å². The van der Waals surface area contributed by atoms with Crippen molar-refractivity contribution in [2.24, 2.45) is 0 Å². The quantitative estimate of drug-likeness (QED) is 0.417. The largest absolute Gasteiger partial charge is 0.378 e. The molecule has 11 heteroatoms. The lowest BCUT2D eigenvalue weighted by molar-refractivity contribution is 0.122. The summed E-state index contributed by atoms with van der Waals surface area (Å²) in [6.07, 6.45) is 0. The maximum absolute atomic E-state index is 13.9. The lowest BCUT2D eigenvalue weighted by atomic mass is 10.3. The zero-order chi connectivity index (χ0) is 20.3. The molecule has 0 N–H and O–H groups in total. The second-order valence-electron chi connectivity index (χ2n) is 6.48. The molecule has 1 aliphatic heterocycles. The van der Waals surface area contributed by atoms with Crippen LogP contribution in [-0.4, -0.2) is 51.2 Å². The van der Waals surface area contributed by atoms with Gasteiger partial charge < -0.3 is 14.2 Å². The van der Waals surface area contributed by atoms with Crippen LogP contribution in [0.25, 0.3) is 16.5 Å². The third kappa shape index (κ3) is 3.95. The van der Waals surface area contributed by atoms with Crippen molar-refractivity contribution in [2.75, 3.05) is 31.2 Å². The number of halogens is 1. The van der Waals surface area contributed by atoms with E-state index in [2.05, 4.69) is 25.2 Å². The maximum Gasteiger partial charge on any atom is 0.268 e. The van der Waals surface area contributed by atoms with Gasteiger partial charge in [0, 0.05) is 13.1 Å². The third-order valence-corrected chi connectivity index (χ3v) is 6.29. The summed E-state index contributed by atoms with van der Waals surface area (Å²) in [5.41, 5.74) is 0.663. The van der Waals surface area contributed by atoms with E-state index in [1.807, 2.05) is 28.1 Å². The monoisotopic (exact) mass is 444 g/mol. The number of benzene rings is 1. The van der Waals surface area contributed by atoms with Crippen molar-refractivity contribution in [1.29, 1.82) is 0 Å². The molecule has 30 heavy (non-hydrogen) atoms. The van der Waals surface area contributed by atoms with Gasteiger partial charge in [-0.25, -0.2) is 4.39 Å². The Morgan fingerprint density at radius 3 is 2.83 bits per heavy atom. The first-order chi connectivity index (χ1) is 14.8. The molecule has 0 aliphatic carbocycles. The van der Waals surface area contributed by atoms with E-state index in [1.165, 1.54) is 23.9 Å². The van der Waals surface area contributed by atoms with Crippen LogP contribution in [0.4, 0.5) is 10.3 Å². The minimum absolute atomic E-state index is 0.316. The number of morpholine rings is 1. The Morgan fingerprint density at radius 2 is 2.03 bits per heavy atom. The average molecular weight is 445 g/mol. The van der Waals surface area contributed by atoms with Crippen LogP contribution in [-0.2, 0) is 10.5 Å². The highest BCUT2D eigenvalue weighted by Crippen LogP contribution is 2.30. The first kappa shape index (κ1) is 19.2. The van der Waals surface area contributed by atoms with E-state index in [0.717, 1.165) is 4.88 Å². The van der Waals surface area contributed by atoms with Crippen LogP contribution in [0.3, 0.4) is 0 Å². The molecule has 1 aromatic carbocycles. The van der Waals surface area contributed by atoms with E-state index in [4.69, 9.17) is 9.26 Å². The Hall–Kier alpha value is -2.76. The Morgan fingerprint density at radius 1 is 1.13 bits per heavy atom. The van der Waals surface area contributed by atoms with E-state index in [0.29, 0.717) is 60.6 Å². The van der Waals surface area contributed by atoms with Gasteiger partial charge in [0.25, 0.3) is 5.89 Å². The first-order valence-electron chi connectivity index (χ1n) is 9.31. The normalized spacial score (nSPS) is 14.4. The lowest BCUT2D eigenvalue weighted by Gasteiger charge is -2.27. The number of aromatic nitrogens is 5. The maximum atomic E-state index is 13.9. The summed E-state index contributed by atoms with van der Waals surface area (Å²) in [5.74, 6) is 1.86. The number of ether oxygens (including phenoxy) is 1. The van der Waals surface area contributed by atoms with Crippen molar-refractivity contribution in [3.05, 3.63) is 53.4 Å². The van der Waals surface area contributed by atoms with E-state index >= 15 is 0 Å². The molecule has 5 rings (SSSR count). The van der Waals surface area contributed by atoms with Gasteiger partial charge in [0.1, 0.15) is 5.82 Å². The van der Waals surface area contributed by atoms with Crippen molar-refractivity contribution in [1.82, 2.24) is 24.9 Å². The zero-order valence-electron chi connectivity index (χ0n) is 15.8. The van der Waals surface area contributed by atoms with Gasteiger partial charge in [-0.3, -0.25) is 4.57 Å². The van der Waals surface area contributed by atoms with Gasteiger partial charge in [-0.05, 0) is 29.6 Å². The first-order valence-corrected chi connectivity index (χ1v) is 11.2. The molecule has 154 valence electrons. The predicted octanol–water partition coefficient (Wildman–Crippen LogP) is 3.65. The summed E-state index contributed by atoms with van der Waals surface area (Å²) in [4.78, 5) is 7.47. The number of thioether (sulfide) groups is 1. The summed E-state index contributed by atoms with van der Waals surface area (Å²) in [5, 5.41) is 15.4. The SMILES string of the molecule is Fc1cccc(-n2c(SCc3noc(-c4cccs4)n3)nnc2N2CCOCC2)c1. The second-order valence-corrected chi connectivity index (χ2v) is 8.37. The molecule has 0 amide bonds. The van der Waals surface area contributed by atoms with E-state index < -0.39 is 0 Å². The molecule has 0 radical (unpaired) electrons. The van der Waals surface area contributed by atoms with Crippen molar-refractivity contribution in [3.63, 3.8) is 0 Å². The molecular formula is C19H17FN6O2S2. The Kier molecular flexibility index (Phi) is 5.47. The molecule has 3 aromatic heterocycles. The van der Waals surface area contributed by atoms with Crippen LogP contribution in [0.1, 0.15) is 5.82 Å². The number of nitrogens with zero attached hydrogens (tertiary/aromatic N) is 6. The number of thiophene rings is 1. The summed E-state index contributed by atoms with van der Waals surface area (Å²) >= 11 is 2.97. The van der Waals surface area contributed by atoms with Gasteiger partial charge in [-0.15, -0.1) is 21.5 Å². The van der Waals surface area contributed by atoms with Crippen LogP contribution in [0, 0.1) is 5.82 Å². The molecule has 4 heterocycles. The molecule has 4 aromatic rings. The number of hydrogen-bond acceptors (Lipinski definition) is 9. The van der Waals surface area contributed by atoms with Gasteiger partial charge in [-0.1, -0.05) is 29.1 Å². The van der Waals surface area contributed by atoms with Gasteiger partial charge >= 0.3 is 0 Å². The highest BCUT2D eigenvalue weighted by Gasteiger charge is 2.22. The van der Waals surface area contributed by atoms with Crippen molar-refractivity contribution >= 4 is 29.0 Å². The average Bonchev–Trinajstić information content (AvgIpc) is 3.53. The second kappa shape index (κ2) is 8.54. The molecule has 8 nitrogen and oxygen atoms in total. The summed E-state index contributed by atoms with van der Waals surface area (Å²) in [6, 6.07) is 10.3. The van der Waals surface area contributed by atoms with E-state index in [1.54, 1.807) is 17.4 Å². The molecule has 1 saturated heterocycles. The molecule has 1 aliphatic rings. The zero-order valence-corrected chi connectivity index (χ0v) is 17.4. The van der Waals surface area contributed by atoms with Crippen LogP contribution in [0.2, 0.25) is 0 Å². The van der Waals surface area contributed by atoms with Crippen molar-refractivity contribution < 1.29 is 13.7 Å². The van der Waals surface area contributed by atoms with Gasteiger partial charge in [-0.2, -0.15) is 4.98 Å². The molecule has 0 atom stereocenters. The summed E-state index contributed by atoms with van der Waals surface area (Å²) in [7, 11) is 0. The molecule has 0 saturated carbocycles. The smallest absolute Gasteiger partial charge is 0.268 e. The highest BCUT2D eigenvalue weighted by atomic mass is 32.2. The predicted molar refractivity (Wildman–Crippen MR) is 112 cm³/mol. The summed E-state index contributed by atoms with van der Waals surface area (Å²) < 4.78 is 26.6. The number of hydrogen-bond donors (Lipinski definition) is 0. The number of rotatable bonds is 6. The van der Waals surface area contributed by atoms with E-state index in [9.17, 15) is 4.39 Å². The third-order valence-electron chi connectivity index (χ3n) is 4.51. The van der Waals surface area contributed by atoms with Crippen LogP contribution in [0.5, 0.6) is 0 Å². The Labute approximate surface area is 179 Å². The van der Waals surface area contributed by atoms with Crippen LogP contribution in [0.15, 0.2) is 51.5 Å². The van der Waals surface area contributed by atoms with Crippen molar-refractivity contribution in [3.8, 4) is 16.5 Å². The highest BCUT2D eigenvalue weighted by molar-refractivity contribution is 7.98. The Balaban J connectivity index is 1.42. The van der Waals surface area contributed by atoms with E-state index in [-0.39, 0.29) is 5.82 Å². The molecule has 1 fully saturated rings. The van der Waals surface area contributed by atoms with Crippen molar-refractivity contribution in [2.45, 2.75) is 10.9 Å². The fourth-order valence-electron chi connectivity index (χ4n) is 3.11. The molecule has 0 bridgehead atoms. The fraction of sp³-hybridized carbons (Fsp3) is 0.263. The summed E-state index contributed by atoms with van der Waals surface area (Å²) in [6.45, 7) is 2.64. The minimum Gasteiger partial charge on any atom is -0.378 e. The van der Waals surface area contributed by atoms with Crippen LogP contribution >= 0.6 is 23.1 Å². The van der Waals surface area contributed by atoms with Gasteiger partial charge in [0.2, 0.25) is 5.95 Å². The standard InChI is InChI=1S/C19H17FN6O2S2/c20-13-3-1-4-14(11-13)26-18(25-6-8-27-9-7-25)22-23-19(26)30-12-16-21-17(28-24-16)15-5-2-10-29-15/h1-5,10-11H,6-9,12H2. The number of anilines is 1. The molecule has 0 spiro atoms. The molecular weight excluding hydrogens is 427 g/mol.